The molecular weight excluding hydrogens is 152 g/mol. The zero-order valence-corrected chi connectivity index (χ0v) is 6.88. The molecule has 0 bridgehead atoms. The highest BCUT2D eigenvalue weighted by atomic mass is 16.7. The zero-order chi connectivity index (χ0) is 7.94. The summed E-state index contributed by atoms with van der Waals surface area (Å²) in [6.07, 6.45) is 6.74. The average molecular weight is 172 g/mol. The number of hydrogen-bond acceptors (Lipinski definition) is 3. The lowest BCUT2D eigenvalue weighted by molar-refractivity contribution is -0.0403. The first-order chi connectivity index (χ1) is 5.43. The summed E-state index contributed by atoms with van der Waals surface area (Å²) >= 11 is 0. The summed E-state index contributed by atoms with van der Waals surface area (Å²) in [6, 6.07) is 0. The first-order valence-corrected chi connectivity index (χ1v) is 4.24. The second kappa shape index (κ2) is 7.25. The van der Waals surface area contributed by atoms with Gasteiger partial charge in [-0.15, -0.1) is 0 Å². The maximum atomic E-state index is 5.34. The lowest BCUT2D eigenvalue weighted by atomic mass is 9.98. The van der Waals surface area contributed by atoms with Crippen LogP contribution in [-0.4, -0.2) is 19.5 Å². The predicted molar refractivity (Wildman–Crippen MR) is 52.2 cm³/mol. The van der Waals surface area contributed by atoms with Crippen molar-refractivity contribution in [1.29, 1.82) is 0 Å². The quantitative estimate of drug-likeness (QED) is 0.400. The van der Waals surface area contributed by atoms with E-state index in [1.165, 1.54) is 32.1 Å². The fraction of sp³-hybridized carbons (Fsp3) is 0.889. The molecule has 0 amide bonds. The van der Waals surface area contributed by atoms with Crippen molar-refractivity contribution in [2.24, 2.45) is 4.99 Å². The molecule has 0 aromatic rings. The van der Waals surface area contributed by atoms with Crippen molar-refractivity contribution in [3.8, 4) is 0 Å². The molecule has 3 nitrogen and oxygen atoms in total. The monoisotopic (exact) mass is 172 g/mol. The molecule has 0 unspecified atom stereocenters. The Hall–Kier alpha value is -0.410. The molecular formula is C9H20N2O. The Labute approximate surface area is 75.2 Å². The van der Waals surface area contributed by atoms with Crippen LogP contribution in [-0.2, 0) is 4.84 Å². The highest BCUT2D eigenvalue weighted by Crippen LogP contribution is 2.19. The molecule has 1 aliphatic rings. The average Bonchev–Trinajstić information content (AvgIpc) is 2.07. The molecule has 3 heteroatoms. The van der Waals surface area contributed by atoms with E-state index in [1.54, 1.807) is 0 Å². The van der Waals surface area contributed by atoms with Crippen LogP contribution in [0.3, 0.4) is 0 Å². The van der Waals surface area contributed by atoms with Crippen molar-refractivity contribution in [3.05, 3.63) is 0 Å². The summed E-state index contributed by atoms with van der Waals surface area (Å²) in [5.74, 6) is 0. The first-order valence-electron chi connectivity index (χ1n) is 4.24. The van der Waals surface area contributed by atoms with Gasteiger partial charge in [-0.1, -0.05) is 26.7 Å². The van der Waals surface area contributed by atoms with Gasteiger partial charge in [0.05, 0.1) is 6.10 Å². The van der Waals surface area contributed by atoms with Crippen LogP contribution in [0.2, 0.25) is 0 Å². The second-order valence-electron chi connectivity index (χ2n) is 2.90. The molecule has 0 heterocycles. The molecule has 12 heavy (non-hydrogen) atoms. The normalized spacial score (nSPS) is 18.3. The van der Waals surface area contributed by atoms with Gasteiger partial charge in [0.2, 0.25) is 0 Å². The van der Waals surface area contributed by atoms with Gasteiger partial charge in [0, 0.05) is 0 Å². The number of aliphatic imine (C=N–C) groups is 1. The van der Waals surface area contributed by atoms with Crippen LogP contribution in [0.5, 0.6) is 0 Å². The molecule has 1 saturated carbocycles. The first kappa shape index (κ1) is 11.6. The standard InChI is InChI=1S/C8H16N2O.CH4/c1-9-7-10-11-8-5-3-2-4-6-8;/h8,10H,1-7H2;1H4. The van der Waals surface area contributed by atoms with Crippen LogP contribution in [0.1, 0.15) is 39.5 Å². The summed E-state index contributed by atoms with van der Waals surface area (Å²) in [5.41, 5.74) is 2.78. The number of nitrogens with zero attached hydrogens (tertiary/aromatic N) is 1. The van der Waals surface area contributed by atoms with Crippen molar-refractivity contribution in [2.45, 2.75) is 45.6 Å². The van der Waals surface area contributed by atoms with E-state index in [1.807, 2.05) is 0 Å². The van der Waals surface area contributed by atoms with Crippen LogP contribution < -0.4 is 5.48 Å². The van der Waals surface area contributed by atoms with E-state index in [0.717, 1.165) is 0 Å². The molecule has 1 N–H and O–H groups in total. The largest absolute Gasteiger partial charge is 0.297 e. The maximum absolute atomic E-state index is 5.34. The minimum Gasteiger partial charge on any atom is -0.297 e. The molecule has 72 valence electrons. The van der Waals surface area contributed by atoms with Crippen molar-refractivity contribution < 1.29 is 4.84 Å². The number of rotatable bonds is 4. The van der Waals surface area contributed by atoms with E-state index < -0.39 is 0 Å². The van der Waals surface area contributed by atoms with Crippen molar-refractivity contribution in [2.75, 3.05) is 6.67 Å². The van der Waals surface area contributed by atoms with Crippen molar-refractivity contribution >= 4 is 6.72 Å². The van der Waals surface area contributed by atoms with Gasteiger partial charge in [0.15, 0.2) is 0 Å². The summed E-state index contributed by atoms with van der Waals surface area (Å²) in [6.45, 7) is 3.85. The molecule has 1 aliphatic carbocycles. The molecule has 0 atom stereocenters. The number of nitrogens with one attached hydrogen (secondary N) is 1. The van der Waals surface area contributed by atoms with E-state index in [-0.39, 0.29) is 7.43 Å². The third-order valence-electron chi connectivity index (χ3n) is 1.98. The van der Waals surface area contributed by atoms with Gasteiger partial charge >= 0.3 is 0 Å². The lowest BCUT2D eigenvalue weighted by Crippen LogP contribution is -2.25. The molecule has 0 spiro atoms. The highest BCUT2D eigenvalue weighted by molar-refractivity contribution is 5.22. The third-order valence-corrected chi connectivity index (χ3v) is 1.98. The Balaban J connectivity index is 0.00000121. The Bertz CT molecular complexity index is 111. The van der Waals surface area contributed by atoms with Gasteiger partial charge in [-0.05, 0) is 19.6 Å². The fourth-order valence-corrected chi connectivity index (χ4v) is 1.38. The topological polar surface area (TPSA) is 33.6 Å². The van der Waals surface area contributed by atoms with Crippen molar-refractivity contribution in [1.82, 2.24) is 5.48 Å². The SMILES string of the molecule is C.C=NCNOC1CCCCC1. The second-order valence-corrected chi connectivity index (χ2v) is 2.90. The van der Waals surface area contributed by atoms with Gasteiger partial charge in [-0.2, -0.15) is 5.48 Å². The van der Waals surface area contributed by atoms with Gasteiger partial charge in [0.25, 0.3) is 0 Å². The molecule has 0 radical (unpaired) electrons. The van der Waals surface area contributed by atoms with Gasteiger partial charge in [0.1, 0.15) is 6.67 Å². The minimum atomic E-state index is 0. The Kier molecular flexibility index (Phi) is 7.00. The predicted octanol–water partition coefficient (Wildman–Crippen LogP) is 2.13. The lowest BCUT2D eigenvalue weighted by Gasteiger charge is -2.20. The summed E-state index contributed by atoms with van der Waals surface area (Å²) < 4.78 is 0. The smallest absolute Gasteiger partial charge is 0.111 e. The Morgan fingerprint density at radius 2 is 2.00 bits per heavy atom. The molecule has 0 aromatic carbocycles. The van der Waals surface area contributed by atoms with Crippen LogP contribution in [0.15, 0.2) is 4.99 Å². The van der Waals surface area contributed by atoms with Gasteiger partial charge in [-0.25, -0.2) is 0 Å². The van der Waals surface area contributed by atoms with Crippen LogP contribution in [0.25, 0.3) is 0 Å². The number of hydrogen-bond donors (Lipinski definition) is 1. The third kappa shape index (κ3) is 4.46. The van der Waals surface area contributed by atoms with E-state index in [4.69, 9.17) is 4.84 Å². The van der Waals surface area contributed by atoms with Gasteiger partial charge in [-0.3, -0.25) is 9.83 Å². The van der Waals surface area contributed by atoms with Crippen molar-refractivity contribution in [3.63, 3.8) is 0 Å². The Morgan fingerprint density at radius 1 is 1.33 bits per heavy atom. The van der Waals surface area contributed by atoms with Crippen LogP contribution in [0, 0.1) is 0 Å². The molecule has 0 saturated heterocycles. The van der Waals surface area contributed by atoms with E-state index in [2.05, 4.69) is 17.2 Å². The molecule has 1 fully saturated rings. The molecule has 1 rings (SSSR count). The summed E-state index contributed by atoms with van der Waals surface area (Å²) in [4.78, 5) is 8.97. The van der Waals surface area contributed by atoms with E-state index >= 15 is 0 Å². The van der Waals surface area contributed by atoms with E-state index in [9.17, 15) is 0 Å². The van der Waals surface area contributed by atoms with Crippen LogP contribution in [0.4, 0.5) is 0 Å². The number of hydroxylamine groups is 1. The maximum Gasteiger partial charge on any atom is 0.111 e. The molecule has 0 aromatic heterocycles. The Morgan fingerprint density at radius 3 is 2.58 bits per heavy atom. The minimum absolute atomic E-state index is 0. The van der Waals surface area contributed by atoms with Gasteiger partial charge < -0.3 is 0 Å². The molecule has 0 aliphatic heterocycles. The zero-order valence-electron chi connectivity index (χ0n) is 6.88. The summed E-state index contributed by atoms with van der Waals surface area (Å²) in [7, 11) is 0. The highest BCUT2D eigenvalue weighted by Gasteiger charge is 2.12. The summed E-state index contributed by atoms with van der Waals surface area (Å²) in [5, 5.41) is 0. The van der Waals surface area contributed by atoms with E-state index in [0.29, 0.717) is 12.8 Å². The van der Waals surface area contributed by atoms with Crippen LogP contribution >= 0.6 is 0 Å². The fourth-order valence-electron chi connectivity index (χ4n) is 1.38.